The van der Waals surface area contributed by atoms with Gasteiger partial charge in [-0.15, -0.1) is 0 Å². The van der Waals surface area contributed by atoms with Crippen LogP contribution in [0.4, 0.5) is 4.39 Å². The first-order chi connectivity index (χ1) is 8.69. The van der Waals surface area contributed by atoms with E-state index in [0.29, 0.717) is 17.9 Å². The van der Waals surface area contributed by atoms with Gasteiger partial charge >= 0.3 is 0 Å². The second-order valence-corrected chi connectivity index (χ2v) is 3.98. The number of hydrogen-bond donors (Lipinski definition) is 1. The molecule has 0 amide bonds. The van der Waals surface area contributed by atoms with Crippen molar-refractivity contribution in [3.8, 4) is 5.88 Å². The number of rotatable bonds is 4. The highest BCUT2D eigenvalue weighted by molar-refractivity contribution is 5.23. The molecule has 0 saturated carbocycles. The van der Waals surface area contributed by atoms with E-state index in [2.05, 4.69) is 4.98 Å². The van der Waals surface area contributed by atoms with Gasteiger partial charge in [-0.25, -0.2) is 9.37 Å². The summed E-state index contributed by atoms with van der Waals surface area (Å²) in [4.78, 5) is 4.05. The second kappa shape index (κ2) is 5.60. The fraction of sp³-hybridized carbons (Fsp3) is 0.214. The van der Waals surface area contributed by atoms with Crippen molar-refractivity contribution in [2.45, 2.75) is 12.5 Å². The minimum atomic E-state index is -0.740. The average Bonchev–Trinajstić information content (AvgIpc) is 2.39. The van der Waals surface area contributed by atoms with Crippen LogP contribution in [0.2, 0.25) is 0 Å². The summed E-state index contributed by atoms with van der Waals surface area (Å²) in [7, 11) is 1.55. The van der Waals surface area contributed by atoms with Crippen molar-refractivity contribution < 1.29 is 14.2 Å². The molecule has 4 heteroatoms. The molecule has 0 fully saturated rings. The van der Waals surface area contributed by atoms with Gasteiger partial charge in [0.1, 0.15) is 5.82 Å². The van der Waals surface area contributed by atoms with Crippen LogP contribution in [0, 0.1) is 5.82 Å². The Morgan fingerprint density at radius 3 is 2.78 bits per heavy atom. The van der Waals surface area contributed by atoms with Crippen LogP contribution in [0.5, 0.6) is 5.88 Å². The first kappa shape index (κ1) is 12.5. The van der Waals surface area contributed by atoms with Gasteiger partial charge in [0.2, 0.25) is 5.88 Å². The molecule has 3 nitrogen and oxygen atoms in total. The summed E-state index contributed by atoms with van der Waals surface area (Å²) in [5, 5.41) is 10.00. The highest BCUT2D eigenvalue weighted by Gasteiger charge is 2.09. The van der Waals surface area contributed by atoms with Crippen LogP contribution in [0.1, 0.15) is 17.2 Å². The molecule has 1 heterocycles. The third-order valence-electron chi connectivity index (χ3n) is 2.67. The Balaban J connectivity index is 2.08. The zero-order valence-corrected chi connectivity index (χ0v) is 10.0. The number of aliphatic hydroxyl groups is 1. The van der Waals surface area contributed by atoms with E-state index in [1.807, 2.05) is 6.07 Å². The SMILES string of the molecule is COc1ccc(CC(O)c2cccc(F)c2)cn1. The van der Waals surface area contributed by atoms with Gasteiger partial charge in [0.25, 0.3) is 0 Å². The monoisotopic (exact) mass is 247 g/mol. The van der Waals surface area contributed by atoms with Crippen LogP contribution in [0.25, 0.3) is 0 Å². The number of ether oxygens (including phenoxy) is 1. The number of aromatic nitrogens is 1. The van der Waals surface area contributed by atoms with Crippen LogP contribution >= 0.6 is 0 Å². The van der Waals surface area contributed by atoms with Crippen LogP contribution < -0.4 is 4.74 Å². The fourth-order valence-electron chi connectivity index (χ4n) is 1.71. The molecule has 1 N–H and O–H groups in total. The van der Waals surface area contributed by atoms with Gasteiger partial charge in [-0.1, -0.05) is 18.2 Å². The number of halogens is 1. The first-order valence-corrected chi connectivity index (χ1v) is 5.61. The highest BCUT2D eigenvalue weighted by Crippen LogP contribution is 2.19. The predicted molar refractivity (Wildman–Crippen MR) is 65.9 cm³/mol. The Kier molecular flexibility index (Phi) is 3.89. The minimum absolute atomic E-state index is 0.348. The molecule has 0 aliphatic heterocycles. The van der Waals surface area contributed by atoms with Crippen molar-refractivity contribution in [1.82, 2.24) is 4.98 Å². The molecular formula is C14H14FNO2. The second-order valence-electron chi connectivity index (χ2n) is 3.98. The van der Waals surface area contributed by atoms with E-state index in [0.717, 1.165) is 5.56 Å². The molecule has 0 spiro atoms. The molecule has 1 aromatic carbocycles. The van der Waals surface area contributed by atoms with Crippen molar-refractivity contribution in [1.29, 1.82) is 0 Å². The van der Waals surface area contributed by atoms with Crippen molar-refractivity contribution in [2.24, 2.45) is 0 Å². The molecule has 2 rings (SSSR count). The lowest BCUT2D eigenvalue weighted by molar-refractivity contribution is 0.178. The lowest BCUT2D eigenvalue weighted by atomic mass is 10.0. The minimum Gasteiger partial charge on any atom is -0.481 e. The molecule has 0 bridgehead atoms. The van der Waals surface area contributed by atoms with Crippen molar-refractivity contribution in [3.05, 3.63) is 59.5 Å². The number of nitrogens with zero attached hydrogens (tertiary/aromatic N) is 1. The van der Waals surface area contributed by atoms with Crippen LogP contribution in [-0.2, 0) is 6.42 Å². The Bertz CT molecular complexity index is 513. The smallest absolute Gasteiger partial charge is 0.212 e. The largest absolute Gasteiger partial charge is 0.481 e. The topological polar surface area (TPSA) is 42.4 Å². The normalized spacial score (nSPS) is 12.2. The maximum absolute atomic E-state index is 13.0. The molecule has 1 unspecified atom stereocenters. The Hall–Kier alpha value is -1.94. The highest BCUT2D eigenvalue weighted by atomic mass is 19.1. The molecule has 1 aromatic heterocycles. The Labute approximate surface area is 105 Å². The molecule has 1 atom stereocenters. The summed E-state index contributed by atoms with van der Waals surface area (Å²) in [6.07, 6.45) is 1.29. The van der Waals surface area contributed by atoms with Crippen LogP contribution in [-0.4, -0.2) is 17.2 Å². The Morgan fingerprint density at radius 1 is 1.33 bits per heavy atom. The van der Waals surface area contributed by atoms with E-state index in [9.17, 15) is 9.50 Å². The standard InChI is InChI=1S/C14H14FNO2/c1-18-14-6-5-10(9-16-14)7-13(17)11-3-2-4-12(15)8-11/h2-6,8-9,13,17H,7H2,1H3. The third-order valence-corrected chi connectivity index (χ3v) is 2.67. The van der Waals surface area contributed by atoms with Gasteiger partial charge in [-0.2, -0.15) is 0 Å². The van der Waals surface area contributed by atoms with Crippen LogP contribution in [0.15, 0.2) is 42.6 Å². The van der Waals surface area contributed by atoms with E-state index in [1.54, 1.807) is 31.5 Å². The van der Waals surface area contributed by atoms with E-state index in [1.165, 1.54) is 12.1 Å². The Morgan fingerprint density at radius 2 is 2.17 bits per heavy atom. The molecular weight excluding hydrogens is 233 g/mol. The maximum atomic E-state index is 13.0. The van der Waals surface area contributed by atoms with Gasteiger partial charge in [0.15, 0.2) is 0 Å². The maximum Gasteiger partial charge on any atom is 0.212 e. The molecule has 0 saturated heterocycles. The van der Waals surface area contributed by atoms with Crippen molar-refractivity contribution >= 4 is 0 Å². The van der Waals surface area contributed by atoms with Gasteiger partial charge in [0, 0.05) is 18.7 Å². The molecule has 0 radical (unpaired) electrons. The van der Waals surface area contributed by atoms with Gasteiger partial charge in [0.05, 0.1) is 13.2 Å². The number of aliphatic hydroxyl groups excluding tert-OH is 1. The third kappa shape index (κ3) is 3.05. The van der Waals surface area contributed by atoms with E-state index < -0.39 is 6.10 Å². The zero-order valence-electron chi connectivity index (χ0n) is 10.0. The summed E-state index contributed by atoms with van der Waals surface area (Å²) in [6, 6.07) is 9.53. The molecule has 2 aromatic rings. The van der Waals surface area contributed by atoms with E-state index in [-0.39, 0.29) is 5.82 Å². The molecule has 0 aliphatic rings. The average molecular weight is 247 g/mol. The van der Waals surface area contributed by atoms with E-state index in [4.69, 9.17) is 4.74 Å². The summed E-state index contributed by atoms with van der Waals surface area (Å²) >= 11 is 0. The summed E-state index contributed by atoms with van der Waals surface area (Å²) in [5.74, 6) is 0.179. The first-order valence-electron chi connectivity index (χ1n) is 5.61. The number of hydrogen-bond acceptors (Lipinski definition) is 3. The number of methoxy groups -OCH3 is 1. The van der Waals surface area contributed by atoms with Gasteiger partial charge in [-0.3, -0.25) is 0 Å². The quantitative estimate of drug-likeness (QED) is 0.902. The van der Waals surface area contributed by atoms with Crippen LogP contribution in [0.3, 0.4) is 0 Å². The van der Waals surface area contributed by atoms with E-state index >= 15 is 0 Å². The summed E-state index contributed by atoms with van der Waals surface area (Å²) < 4.78 is 18.0. The zero-order chi connectivity index (χ0) is 13.0. The van der Waals surface area contributed by atoms with Crippen molar-refractivity contribution in [2.75, 3.05) is 7.11 Å². The van der Waals surface area contributed by atoms with Gasteiger partial charge in [-0.05, 0) is 23.3 Å². The summed E-state index contributed by atoms with van der Waals surface area (Å²) in [5.41, 5.74) is 1.43. The van der Waals surface area contributed by atoms with Crippen molar-refractivity contribution in [3.63, 3.8) is 0 Å². The molecule has 94 valence electrons. The summed E-state index contributed by atoms with van der Waals surface area (Å²) in [6.45, 7) is 0. The molecule has 18 heavy (non-hydrogen) atoms. The number of pyridine rings is 1. The number of benzene rings is 1. The van der Waals surface area contributed by atoms with Gasteiger partial charge < -0.3 is 9.84 Å². The fourth-order valence-corrected chi connectivity index (χ4v) is 1.71. The molecule has 0 aliphatic carbocycles. The lowest BCUT2D eigenvalue weighted by Gasteiger charge is -2.11. The lowest BCUT2D eigenvalue weighted by Crippen LogP contribution is -2.02. The predicted octanol–water partition coefficient (Wildman–Crippen LogP) is 2.51.